The number of pyridine rings is 1. The largest absolute Gasteiger partial charge is 0.453 e. The maximum Gasteiger partial charge on any atom is 0.453 e. The van der Waals surface area contributed by atoms with Crippen LogP contribution in [0.25, 0.3) is 17.2 Å². The molecule has 0 saturated heterocycles. The SMILES string of the molecule is CC1(c2ccc(C3CC3)nc2)C(=O)Nc2nc(-c3cn4ccnc4c(CCC(F)(F)C(F)(F)F)n3)nc(N)c21. The lowest BCUT2D eigenvalue weighted by Crippen LogP contribution is -2.36. The quantitative estimate of drug-likeness (QED) is 0.344. The van der Waals surface area contributed by atoms with Crippen molar-refractivity contribution in [1.29, 1.82) is 0 Å². The highest BCUT2D eigenvalue weighted by Gasteiger charge is 2.56. The van der Waals surface area contributed by atoms with Gasteiger partial charge >= 0.3 is 12.1 Å². The summed E-state index contributed by atoms with van der Waals surface area (Å²) in [6.45, 7) is 1.69. The number of nitrogen functional groups attached to an aromatic ring is 1. The Hall–Kier alpha value is -4.23. The van der Waals surface area contributed by atoms with E-state index in [9.17, 15) is 26.7 Å². The van der Waals surface area contributed by atoms with Gasteiger partial charge in [0.2, 0.25) is 5.91 Å². The Morgan fingerprint density at radius 3 is 2.56 bits per heavy atom. The number of nitrogens with zero attached hydrogens (tertiary/aromatic N) is 6. The number of imidazole rings is 1. The molecule has 2 aliphatic rings. The Kier molecular flexibility index (Phi) is 5.39. The van der Waals surface area contributed by atoms with Gasteiger partial charge < -0.3 is 15.5 Å². The smallest absolute Gasteiger partial charge is 0.383 e. The van der Waals surface area contributed by atoms with E-state index in [1.165, 1.54) is 23.0 Å². The monoisotopic (exact) mass is 544 g/mol. The molecule has 1 atom stereocenters. The van der Waals surface area contributed by atoms with Crippen LogP contribution in [0.3, 0.4) is 0 Å². The van der Waals surface area contributed by atoms with Gasteiger partial charge in [-0.3, -0.25) is 9.78 Å². The number of nitrogens with two attached hydrogens (primary N) is 1. The molecule has 0 aromatic carbocycles. The molecule has 39 heavy (non-hydrogen) atoms. The van der Waals surface area contributed by atoms with Crippen molar-refractivity contribution in [3.05, 3.63) is 59.4 Å². The molecule has 1 aliphatic carbocycles. The molecule has 0 radical (unpaired) electrons. The van der Waals surface area contributed by atoms with Crippen molar-refractivity contribution in [2.75, 3.05) is 11.1 Å². The van der Waals surface area contributed by atoms with E-state index in [1.54, 1.807) is 13.1 Å². The molecule has 14 heteroatoms. The summed E-state index contributed by atoms with van der Waals surface area (Å²) in [4.78, 5) is 34.7. The number of carbonyl (C=O) groups excluding carboxylic acids is 1. The lowest BCUT2D eigenvalue weighted by Gasteiger charge is -2.23. The number of amides is 1. The first kappa shape index (κ1) is 25.1. The molecule has 5 heterocycles. The summed E-state index contributed by atoms with van der Waals surface area (Å²) in [5, 5.41) is 2.73. The van der Waals surface area contributed by atoms with Gasteiger partial charge in [0.15, 0.2) is 11.5 Å². The molecular weight excluding hydrogens is 523 g/mol. The van der Waals surface area contributed by atoms with Gasteiger partial charge in [-0.05, 0) is 37.8 Å². The van der Waals surface area contributed by atoms with Gasteiger partial charge in [-0.1, -0.05) is 6.07 Å². The van der Waals surface area contributed by atoms with E-state index < -0.39 is 30.4 Å². The predicted molar refractivity (Wildman–Crippen MR) is 129 cm³/mol. The van der Waals surface area contributed by atoms with Crippen LogP contribution in [0.5, 0.6) is 0 Å². The molecule has 3 N–H and O–H groups in total. The number of fused-ring (bicyclic) bond motifs is 2. The summed E-state index contributed by atoms with van der Waals surface area (Å²) in [7, 11) is 0. The summed E-state index contributed by atoms with van der Waals surface area (Å²) in [6, 6.07) is 3.73. The maximum atomic E-state index is 13.6. The molecule has 4 aromatic heterocycles. The first-order valence-electron chi connectivity index (χ1n) is 12.1. The van der Waals surface area contributed by atoms with Crippen LogP contribution in [0, 0.1) is 0 Å². The molecule has 1 saturated carbocycles. The minimum absolute atomic E-state index is 0.0141. The number of carbonyl (C=O) groups is 1. The molecule has 1 aliphatic heterocycles. The third-order valence-corrected chi connectivity index (χ3v) is 7.25. The van der Waals surface area contributed by atoms with E-state index in [2.05, 4.69) is 30.2 Å². The van der Waals surface area contributed by atoms with Crippen LogP contribution in [-0.4, -0.2) is 47.3 Å². The highest BCUT2D eigenvalue weighted by atomic mass is 19.4. The molecule has 1 amide bonds. The first-order valence-corrected chi connectivity index (χ1v) is 12.1. The van der Waals surface area contributed by atoms with Gasteiger partial charge in [-0.15, -0.1) is 0 Å². The number of aryl methyl sites for hydroxylation is 1. The van der Waals surface area contributed by atoms with Gasteiger partial charge in [0.05, 0.1) is 11.3 Å². The average Bonchev–Trinajstić information content (AvgIpc) is 3.56. The predicted octanol–water partition coefficient (Wildman–Crippen LogP) is 4.43. The minimum atomic E-state index is -5.69. The summed E-state index contributed by atoms with van der Waals surface area (Å²) in [5.74, 6) is -4.75. The molecule has 1 fully saturated rings. The van der Waals surface area contributed by atoms with Crippen molar-refractivity contribution in [2.24, 2.45) is 0 Å². The van der Waals surface area contributed by atoms with E-state index in [1.807, 2.05) is 12.1 Å². The second kappa shape index (κ2) is 8.38. The number of hydrogen-bond acceptors (Lipinski definition) is 7. The van der Waals surface area contributed by atoms with Crippen LogP contribution in [0.1, 0.15) is 54.6 Å². The Morgan fingerprint density at radius 1 is 1.13 bits per heavy atom. The second-order valence-corrected chi connectivity index (χ2v) is 9.91. The standard InChI is InChI=1S/C25H21F5N8O/c1-23(13-4-5-14(33-10-13)12-2-3-12)17-18(31)35-19(36-20(17)37-22(23)39)16-11-38-9-8-32-21(38)15(34-16)6-7-24(26,27)25(28,29)30/h4-5,8-12H,2-3,6-7H2,1H3,(H3,31,35,36,37,39). The van der Waals surface area contributed by atoms with Crippen molar-refractivity contribution in [3.63, 3.8) is 0 Å². The van der Waals surface area contributed by atoms with Gasteiger partial charge in [-0.2, -0.15) is 22.0 Å². The summed E-state index contributed by atoms with van der Waals surface area (Å²) >= 11 is 0. The Labute approximate surface area is 217 Å². The van der Waals surface area contributed by atoms with Gasteiger partial charge in [0, 0.05) is 42.8 Å². The summed E-state index contributed by atoms with van der Waals surface area (Å²) < 4.78 is 66.8. The number of anilines is 2. The van der Waals surface area contributed by atoms with Gasteiger partial charge in [-0.25, -0.2) is 19.9 Å². The van der Waals surface area contributed by atoms with Gasteiger partial charge in [0.25, 0.3) is 0 Å². The van der Waals surface area contributed by atoms with Crippen LogP contribution in [0.4, 0.5) is 33.6 Å². The van der Waals surface area contributed by atoms with E-state index in [0.29, 0.717) is 17.0 Å². The molecule has 4 aromatic rings. The third kappa shape index (κ3) is 4.05. The summed E-state index contributed by atoms with van der Waals surface area (Å²) in [6.07, 6.45) is 0.206. The lowest BCUT2D eigenvalue weighted by molar-refractivity contribution is -0.284. The van der Waals surface area contributed by atoms with Crippen molar-refractivity contribution in [3.8, 4) is 11.5 Å². The van der Waals surface area contributed by atoms with Crippen LogP contribution in [-0.2, 0) is 16.6 Å². The van der Waals surface area contributed by atoms with Crippen molar-refractivity contribution in [1.82, 2.24) is 29.3 Å². The number of halogens is 5. The fraction of sp³-hybridized carbons (Fsp3) is 0.360. The first-order chi connectivity index (χ1) is 18.4. The Bertz CT molecular complexity index is 1610. The van der Waals surface area contributed by atoms with Crippen LogP contribution >= 0.6 is 0 Å². The number of hydrogen-bond donors (Lipinski definition) is 2. The molecule has 0 spiro atoms. The normalized spacial score (nSPS) is 19.4. The Morgan fingerprint density at radius 2 is 1.90 bits per heavy atom. The Balaban J connectivity index is 1.38. The van der Waals surface area contributed by atoms with Crippen molar-refractivity contribution in [2.45, 2.75) is 56.0 Å². The average molecular weight is 544 g/mol. The molecule has 202 valence electrons. The molecule has 1 unspecified atom stereocenters. The minimum Gasteiger partial charge on any atom is -0.383 e. The molecule has 6 rings (SSSR count). The number of rotatable bonds is 6. The fourth-order valence-electron chi connectivity index (χ4n) is 4.81. The zero-order chi connectivity index (χ0) is 27.7. The highest BCUT2D eigenvalue weighted by Crippen LogP contribution is 2.46. The summed E-state index contributed by atoms with van der Waals surface area (Å²) in [5.41, 5.74) is 7.11. The van der Waals surface area contributed by atoms with E-state index in [4.69, 9.17) is 5.73 Å². The van der Waals surface area contributed by atoms with Crippen molar-refractivity contribution < 1.29 is 26.7 Å². The number of aromatic nitrogens is 6. The van der Waals surface area contributed by atoms with Crippen LogP contribution in [0.2, 0.25) is 0 Å². The third-order valence-electron chi connectivity index (χ3n) is 7.25. The fourth-order valence-corrected chi connectivity index (χ4v) is 4.81. The second-order valence-electron chi connectivity index (χ2n) is 9.91. The maximum absolute atomic E-state index is 13.6. The molecular formula is C25H21F5N8O. The number of alkyl halides is 5. The molecule has 9 nitrogen and oxygen atoms in total. The van der Waals surface area contributed by atoms with E-state index in [-0.39, 0.29) is 40.4 Å². The molecule has 0 bridgehead atoms. The van der Waals surface area contributed by atoms with Gasteiger partial charge in [0.1, 0.15) is 22.7 Å². The van der Waals surface area contributed by atoms with E-state index >= 15 is 0 Å². The zero-order valence-electron chi connectivity index (χ0n) is 20.4. The van der Waals surface area contributed by atoms with Crippen molar-refractivity contribution >= 4 is 23.2 Å². The van der Waals surface area contributed by atoms with Crippen LogP contribution in [0.15, 0.2) is 36.9 Å². The number of nitrogens with one attached hydrogen (secondary N) is 1. The lowest BCUT2D eigenvalue weighted by atomic mass is 9.78. The topological polar surface area (TPSA) is 124 Å². The zero-order valence-corrected chi connectivity index (χ0v) is 20.4. The van der Waals surface area contributed by atoms with Crippen LogP contribution < -0.4 is 11.1 Å². The highest BCUT2D eigenvalue weighted by molar-refractivity contribution is 6.09. The van der Waals surface area contributed by atoms with E-state index in [0.717, 1.165) is 18.5 Å².